The van der Waals surface area contributed by atoms with Gasteiger partial charge < -0.3 is 10.4 Å². The first kappa shape index (κ1) is 19.8. The number of Topliss-reactive ketones (excluding diaryl/α,β-unsaturated/α-hetero) is 1. The molecule has 3 aromatic carbocycles. The Labute approximate surface area is 176 Å². The summed E-state index contributed by atoms with van der Waals surface area (Å²) >= 11 is 0. The van der Waals surface area contributed by atoms with Gasteiger partial charge in [-0.05, 0) is 48.7 Å². The predicted octanol–water partition coefficient (Wildman–Crippen LogP) is 5.23. The highest BCUT2D eigenvalue weighted by molar-refractivity contribution is 6.02. The summed E-state index contributed by atoms with van der Waals surface area (Å²) in [5, 5.41) is 15.3. The number of anilines is 1. The number of hydrogen-bond donors (Lipinski definition) is 2. The minimum absolute atomic E-state index is 0.0623. The van der Waals surface area contributed by atoms with E-state index in [9.17, 15) is 9.90 Å². The molecule has 0 bridgehead atoms. The zero-order chi connectivity index (χ0) is 21.1. The lowest BCUT2D eigenvalue weighted by Gasteiger charge is -2.19. The van der Waals surface area contributed by atoms with E-state index in [0.29, 0.717) is 11.1 Å². The van der Waals surface area contributed by atoms with Crippen molar-refractivity contribution in [1.29, 1.82) is 0 Å². The average molecular weight is 396 g/mol. The van der Waals surface area contributed by atoms with Crippen LogP contribution in [0.3, 0.4) is 0 Å². The van der Waals surface area contributed by atoms with Crippen LogP contribution in [-0.4, -0.2) is 22.4 Å². The maximum atomic E-state index is 13.2. The smallest absolute Gasteiger partial charge is 0.182 e. The second kappa shape index (κ2) is 8.47. The van der Waals surface area contributed by atoms with Gasteiger partial charge in [-0.3, -0.25) is 9.78 Å². The number of benzene rings is 3. The summed E-state index contributed by atoms with van der Waals surface area (Å²) in [6, 6.07) is 23.0. The Hall–Kier alpha value is -3.50. The van der Waals surface area contributed by atoms with Crippen molar-refractivity contribution in [3.8, 4) is 0 Å². The number of aliphatic hydroxyl groups excluding tert-OH is 1. The molecule has 30 heavy (non-hydrogen) atoms. The molecule has 0 fully saturated rings. The molecule has 2 N–H and O–H groups in total. The van der Waals surface area contributed by atoms with Crippen molar-refractivity contribution in [2.45, 2.75) is 20.0 Å². The van der Waals surface area contributed by atoms with Gasteiger partial charge in [-0.1, -0.05) is 60.2 Å². The van der Waals surface area contributed by atoms with Gasteiger partial charge in [0.2, 0.25) is 0 Å². The van der Waals surface area contributed by atoms with Gasteiger partial charge in [0.1, 0.15) is 6.10 Å². The van der Waals surface area contributed by atoms with Crippen molar-refractivity contribution in [3.05, 3.63) is 107 Å². The number of nitrogens with one attached hydrogen (secondary N) is 1. The number of ketones is 1. The average Bonchev–Trinajstić information content (AvgIpc) is 2.77. The van der Waals surface area contributed by atoms with Crippen LogP contribution in [0, 0.1) is 13.8 Å². The van der Waals surface area contributed by atoms with Gasteiger partial charge >= 0.3 is 0 Å². The Morgan fingerprint density at radius 2 is 1.73 bits per heavy atom. The van der Waals surface area contributed by atoms with E-state index in [1.54, 1.807) is 6.20 Å². The number of rotatable bonds is 6. The number of aliphatic hydroxyl groups is 1. The quantitative estimate of drug-likeness (QED) is 0.438. The van der Waals surface area contributed by atoms with E-state index in [1.165, 1.54) is 0 Å². The van der Waals surface area contributed by atoms with Crippen molar-refractivity contribution in [3.63, 3.8) is 0 Å². The fourth-order valence-corrected chi connectivity index (χ4v) is 3.90. The van der Waals surface area contributed by atoms with Crippen LogP contribution in [0.4, 0.5) is 5.69 Å². The molecule has 0 aliphatic heterocycles. The van der Waals surface area contributed by atoms with Crippen molar-refractivity contribution in [2.75, 3.05) is 11.9 Å². The molecule has 1 atom stereocenters. The van der Waals surface area contributed by atoms with E-state index in [4.69, 9.17) is 0 Å². The molecule has 0 radical (unpaired) electrons. The highest BCUT2D eigenvalue weighted by atomic mass is 16.3. The fourth-order valence-electron chi connectivity index (χ4n) is 3.90. The number of pyridine rings is 1. The van der Waals surface area contributed by atoms with Gasteiger partial charge in [0.05, 0.1) is 12.1 Å². The lowest BCUT2D eigenvalue weighted by molar-refractivity contribution is 0.100. The van der Waals surface area contributed by atoms with E-state index in [-0.39, 0.29) is 12.3 Å². The Bertz CT molecular complexity index is 1200. The van der Waals surface area contributed by atoms with Gasteiger partial charge in [0, 0.05) is 22.8 Å². The summed E-state index contributed by atoms with van der Waals surface area (Å²) < 4.78 is 0. The number of carbonyl (C=O) groups excluding carboxylic acids is 1. The lowest BCUT2D eigenvalue weighted by atomic mass is 9.89. The van der Waals surface area contributed by atoms with Crippen molar-refractivity contribution in [1.82, 2.24) is 4.98 Å². The maximum Gasteiger partial charge on any atom is 0.182 e. The minimum Gasteiger partial charge on any atom is -0.384 e. The Morgan fingerprint density at radius 3 is 2.53 bits per heavy atom. The Kier molecular flexibility index (Phi) is 5.59. The predicted molar refractivity (Wildman–Crippen MR) is 121 cm³/mol. The molecular weight excluding hydrogens is 372 g/mol. The molecule has 1 aromatic heterocycles. The van der Waals surface area contributed by atoms with Crippen LogP contribution < -0.4 is 5.32 Å². The summed E-state index contributed by atoms with van der Waals surface area (Å²) in [5.74, 6) is -0.0623. The number of para-hydroxylation sites is 1. The fraction of sp³-hybridized carbons (Fsp3) is 0.154. The van der Waals surface area contributed by atoms with Gasteiger partial charge in [-0.25, -0.2) is 0 Å². The Balaban J connectivity index is 1.65. The molecule has 4 aromatic rings. The number of carbonyl (C=O) groups is 1. The van der Waals surface area contributed by atoms with Gasteiger partial charge in [-0.15, -0.1) is 0 Å². The first-order valence-electron chi connectivity index (χ1n) is 9.99. The van der Waals surface area contributed by atoms with Crippen LogP contribution >= 0.6 is 0 Å². The van der Waals surface area contributed by atoms with Crippen LogP contribution in [-0.2, 0) is 0 Å². The monoisotopic (exact) mass is 396 g/mol. The molecule has 0 spiro atoms. The molecule has 0 saturated heterocycles. The third-order valence-corrected chi connectivity index (χ3v) is 5.31. The van der Waals surface area contributed by atoms with Crippen LogP contribution in [0.1, 0.15) is 38.7 Å². The van der Waals surface area contributed by atoms with Crippen LogP contribution in [0.25, 0.3) is 10.9 Å². The van der Waals surface area contributed by atoms with E-state index in [2.05, 4.69) is 10.3 Å². The molecule has 1 heterocycles. The largest absolute Gasteiger partial charge is 0.384 e. The summed E-state index contributed by atoms with van der Waals surface area (Å²) in [5.41, 5.74) is 5.63. The van der Waals surface area contributed by atoms with Crippen LogP contribution in [0.15, 0.2) is 79.0 Å². The molecule has 1 unspecified atom stereocenters. The number of aromatic nitrogens is 1. The normalized spacial score (nSPS) is 12.0. The minimum atomic E-state index is -0.854. The molecule has 4 rings (SSSR count). The standard InChI is InChI=1S/C26H24N2O2/c1-17-14-18(2)25(26(30)19-8-4-3-5-9-19)21(15-17)24(29)16-28-23-12-13-27-22-11-7-6-10-20(22)23/h3-15,26,30H,16H2,1-2H3,(H,27,28). The first-order chi connectivity index (χ1) is 14.5. The summed E-state index contributed by atoms with van der Waals surface area (Å²) in [6.07, 6.45) is 0.879. The van der Waals surface area contributed by atoms with Crippen molar-refractivity contribution < 1.29 is 9.90 Å². The first-order valence-corrected chi connectivity index (χ1v) is 9.99. The number of nitrogens with zero attached hydrogens (tertiary/aromatic N) is 1. The molecule has 4 heteroatoms. The van der Waals surface area contributed by atoms with Gasteiger partial charge in [0.25, 0.3) is 0 Å². The molecular formula is C26H24N2O2. The van der Waals surface area contributed by atoms with Crippen LogP contribution in [0.2, 0.25) is 0 Å². The zero-order valence-electron chi connectivity index (χ0n) is 17.1. The molecule has 0 aliphatic rings. The molecule has 0 amide bonds. The SMILES string of the molecule is Cc1cc(C)c(C(O)c2ccccc2)c(C(=O)CNc2ccnc3ccccc23)c1. The topological polar surface area (TPSA) is 62.2 Å². The maximum absolute atomic E-state index is 13.2. The van der Waals surface area contributed by atoms with Gasteiger partial charge in [-0.2, -0.15) is 0 Å². The van der Waals surface area contributed by atoms with E-state index in [1.807, 2.05) is 86.6 Å². The highest BCUT2D eigenvalue weighted by Gasteiger charge is 2.21. The van der Waals surface area contributed by atoms with Crippen LogP contribution in [0.5, 0.6) is 0 Å². The molecule has 150 valence electrons. The third-order valence-electron chi connectivity index (χ3n) is 5.31. The second-order valence-electron chi connectivity index (χ2n) is 7.51. The third kappa shape index (κ3) is 3.95. The van der Waals surface area contributed by atoms with Crippen molar-refractivity contribution >= 4 is 22.4 Å². The van der Waals surface area contributed by atoms with E-state index < -0.39 is 6.10 Å². The zero-order valence-corrected chi connectivity index (χ0v) is 17.1. The van der Waals surface area contributed by atoms with E-state index in [0.717, 1.165) is 33.3 Å². The molecule has 0 aliphatic carbocycles. The Morgan fingerprint density at radius 1 is 1.00 bits per heavy atom. The second-order valence-corrected chi connectivity index (χ2v) is 7.51. The summed E-state index contributed by atoms with van der Waals surface area (Å²) in [4.78, 5) is 17.6. The van der Waals surface area contributed by atoms with E-state index >= 15 is 0 Å². The highest BCUT2D eigenvalue weighted by Crippen LogP contribution is 2.30. The van der Waals surface area contributed by atoms with Crippen molar-refractivity contribution in [2.24, 2.45) is 0 Å². The molecule has 0 saturated carbocycles. The molecule has 4 nitrogen and oxygen atoms in total. The number of aryl methyl sites for hydroxylation is 2. The van der Waals surface area contributed by atoms with Gasteiger partial charge in [0.15, 0.2) is 5.78 Å². The number of fused-ring (bicyclic) bond motifs is 1. The summed E-state index contributed by atoms with van der Waals surface area (Å²) in [7, 11) is 0. The lowest BCUT2D eigenvalue weighted by Crippen LogP contribution is -2.18. The number of hydrogen-bond acceptors (Lipinski definition) is 4. The summed E-state index contributed by atoms with van der Waals surface area (Å²) in [6.45, 7) is 4.03.